The molecule has 1 rings (SSSR count). The first-order valence-corrected chi connectivity index (χ1v) is 6.22. The molecule has 0 saturated carbocycles. The van der Waals surface area contributed by atoms with E-state index in [0.29, 0.717) is 6.42 Å². The first-order valence-electron chi connectivity index (χ1n) is 6.22. The molecule has 0 aromatic heterocycles. The number of carbonyl (C=O) groups is 2. The molecule has 7 heteroatoms. The third-order valence-corrected chi connectivity index (χ3v) is 3.07. The van der Waals surface area contributed by atoms with Crippen molar-refractivity contribution in [2.24, 2.45) is 5.84 Å². The number of nitrogens with one attached hydrogen (secondary N) is 2. The van der Waals surface area contributed by atoms with Gasteiger partial charge in [-0.2, -0.15) is 0 Å². The lowest BCUT2D eigenvalue weighted by molar-refractivity contribution is -0.121. The van der Waals surface area contributed by atoms with Gasteiger partial charge in [-0.1, -0.05) is 0 Å². The molecule has 7 nitrogen and oxygen atoms in total. The smallest absolute Gasteiger partial charge is 0.407 e. The van der Waals surface area contributed by atoms with Crippen LogP contribution in [0.15, 0.2) is 0 Å². The minimum Gasteiger partial charge on any atom is -0.453 e. The maximum Gasteiger partial charge on any atom is 0.407 e. The van der Waals surface area contributed by atoms with Gasteiger partial charge in [0.05, 0.1) is 7.11 Å². The molecule has 1 saturated heterocycles. The average molecular weight is 258 g/mol. The molecule has 1 heterocycles. The Bertz CT molecular complexity index is 285. The molecule has 0 bridgehead atoms. The quantitative estimate of drug-likeness (QED) is 0.260. The second-order valence-corrected chi connectivity index (χ2v) is 4.45. The van der Waals surface area contributed by atoms with E-state index < -0.39 is 0 Å². The van der Waals surface area contributed by atoms with Crippen LogP contribution < -0.4 is 16.6 Å². The lowest BCUT2D eigenvalue weighted by atomic mass is 10.2. The predicted molar refractivity (Wildman–Crippen MR) is 66.6 cm³/mol. The molecule has 1 fully saturated rings. The Morgan fingerprint density at radius 2 is 2.22 bits per heavy atom. The van der Waals surface area contributed by atoms with Crippen LogP contribution in [0.25, 0.3) is 0 Å². The van der Waals surface area contributed by atoms with E-state index in [1.165, 1.54) is 7.11 Å². The summed E-state index contributed by atoms with van der Waals surface area (Å²) in [5, 5.41) is 2.79. The summed E-state index contributed by atoms with van der Waals surface area (Å²) in [6, 6.07) is 0.171. The van der Waals surface area contributed by atoms with Crippen molar-refractivity contribution in [2.75, 3.05) is 26.7 Å². The van der Waals surface area contributed by atoms with Gasteiger partial charge in [-0.3, -0.25) is 10.2 Å². The summed E-state index contributed by atoms with van der Waals surface area (Å²) >= 11 is 0. The fourth-order valence-corrected chi connectivity index (χ4v) is 2.07. The highest BCUT2D eigenvalue weighted by atomic mass is 16.5. The van der Waals surface area contributed by atoms with Crippen LogP contribution in [0.5, 0.6) is 0 Å². The molecule has 0 radical (unpaired) electrons. The third-order valence-electron chi connectivity index (χ3n) is 3.07. The monoisotopic (exact) mass is 258 g/mol. The van der Waals surface area contributed by atoms with Crippen LogP contribution in [0.2, 0.25) is 0 Å². The van der Waals surface area contributed by atoms with Crippen LogP contribution in [0, 0.1) is 0 Å². The normalized spacial score (nSPS) is 19.6. The maximum atomic E-state index is 11.0. The van der Waals surface area contributed by atoms with Gasteiger partial charge >= 0.3 is 6.09 Å². The summed E-state index contributed by atoms with van der Waals surface area (Å²) in [7, 11) is 1.37. The van der Waals surface area contributed by atoms with Gasteiger partial charge in [-0.15, -0.1) is 0 Å². The second kappa shape index (κ2) is 7.88. The van der Waals surface area contributed by atoms with Gasteiger partial charge in [-0.25, -0.2) is 10.6 Å². The van der Waals surface area contributed by atoms with E-state index in [1.54, 1.807) is 0 Å². The van der Waals surface area contributed by atoms with Crippen molar-refractivity contribution in [1.29, 1.82) is 0 Å². The lowest BCUT2D eigenvalue weighted by Gasteiger charge is -2.16. The van der Waals surface area contributed by atoms with E-state index in [9.17, 15) is 9.59 Å². The van der Waals surface area contributed by atoms with Crippen molar-refractivity contribution in [1.82, 2.24) is 15.6 Å². The predicted octanol–water partition coefficient (Wildman–Crippen LogP) is -0.423. The number of likely N-dealkylation sites (tertiary alicyclic amines) is 1. The fraction of sp³-hybridized carbons (Fsp3) is 0.818. The average Bonchev–Trinajstić information content (AvgIpc) is 2.81. The third kappa shape index (κ3) is 5.33. The molecule has 18 heavy (non-hydrogen) atoms. The Hall–Kier alpha value is -1.34. The highest BCUT2D eigenvalue weighted by Gasteiger charge is 2.23. The molecule has 2 amide bonds. The van der Waals surface area contributed by atoms with Crippen LogP contribution in [0.1, 0.15) is 25.7 Å². The van der Waals surface area contributed by atoms with Gasteiger partial charge in [0.25, 0.3) is 0 Å². The van der Waals surface area contributed by atoms with Crippen molar-refractivity contribution in [3.8, 4) is 0 Å². The number of hydrogen-bond donors (Lipinski definition) is 3. The summed E-state index contributed by atoms with van der Waals surface area (Å²) in [6.45, 7) is 2.76. The molecule has 4 N–H and O–H groups in total. The first kappa shape index (κ1) is 14.7. The molecule has 1 aliphatic rings. The highest BCUT2D eigenvalue weighted by molar-refractivity contribution is 5.75. The number of alkyl carbamates (subject to hydrolysis) is 1. The summed E-state index contributed by atoms with van der Waals surface area (Å²) in [5.74, 6) is 4.87. The molecule has 0 spiro atoms. The van der Waals surface area contributed by atoms with Crippen LogP contribution in [-0.4, -0.2) is 49.7 Å². The van der Waals surface area contributed by atoms with E-state index in [1.807, 2.05) is 0 Å². The zero-order valence-corrected chi connectivity index (χ0v) is 10.8. The minimum atomic E-state index is -0.374. The van der Waals surface area contributed by atoms with Gasteiger partial charge in [-0.05, 0) is 25.8 Å². The van der Waals surface area contributed by atoms with Crippen LogP contribution in [0.4, 0.5) is 4.79 Å². The largest absolute Gasteiger partial charge is 0.453 e. The SMILES string of the molecule is COC(=O)NC1CCN(CCCCC(=O)NN)C1. The molecule has 0 aromatic rings. The highest BCUT2D eigenvalue weighted by Crippen LogP contribution is 2.10. The van der Waals surface area contributed by atoms with E-state index in [0.717, 1.165) is 38.9 Å². The molecule has 0 aliphatic carbocycles. The summed E-state index contributed by atoms with van der Waals surface area (Å²) in [4.78, 5) is 24.2. The number of amides is 2. The van der Waals surface area contributed by atoms with E-state index in [-0.39, 0.29) is 18.0 Å². The van der Waals surface area contributed by atoms with Crippen molar-refractivity contribution >= 4 is 12.0 Å². The lowest BCUT2D eigenvalue weighted by Crippen LogP contribution is -2.37. The number of nitrogens with two attached hydrogens (primary N) is 1. The molecular weight excluding hydrogens is 236 g/mol. The van der Waals surface area contributed by atoms with Gasteiger partial charge < -0.3 is 15.0 Å². The number of carbonyl (C=O) groups excluding carboxylic acids is 2. The zero-order chi connectivity index (χ0) is 13.4. The van der Waals surface area contributed by atoms with Crippen LogP contribution in [-0.2, 0) is 9.53 Å². The van der Waals surface area contributed by atoms with Crippen molar-refractivity contribution in [3.63, 3.8) is 0 Å². The van der Waals surface area contributed by atoms with Gasteiger partial charge in [0.1, 0.15) is 0 Å². The fourth-order valence-electron chi connectivity index (χ4n) is 2.07. The number of hydrazine groups is 1. The zero-order valence-electron chi connectivity index (χ0n) is 10.8. The Morgan fingerprint density at radius 1 is 1.44 bits per heavy atom. The first-order chi connectivity index (χ1) is 8.65. The van der Waals surface area contributed by atoms with Crippen molar-refractivity contribution in [2.45, 2.75) is 31.7 Å². The summed E-state index contributed by atoms with van der Waals surface area (Å²) in [5.41, 5.74) is 2.11. The van der Waals surface area contributed by atoms with Gasteiger partial charge in [0.2, 0.25) is 5.91 Å². The van der Waals surface area contributed by atoms with E-state index in [2.05, 4.69) is 20.4 Å². The van der Waals surface area contributed by atoms with Crippen LogP contribution in [0.3, 0.4) is 0 Å². The maximum absolute atomic E-state index is 11.0. The molecular formula is C11H22N4O3. The summed E-state index contributed by atoms with van der Waals surface area (Å²) < 4.78 is 4.56. The number of unbranched alkanes of at least 4 members (excludes halogenated alkanes) is 1. The van der Waals surface area contributed by atoms with Crippen LogP contribution >= 0.6 is 0 Å². The standard InChI is InChI=1S/C11H22N4O3/c1-18-11(17)13-9-5-7-15(8-9)6-3-2-4-10(16)14-12/h9H,2-8,12H2,1H3,(H,13,17)(H,14,16). The Labute approximate surface area is 107 Å². The Morgan fingerprint density at radius 3 is 2.89 bits per heavy atom. The van der Waals surface area contributed by atoms with Crippen molar-refractivity contribution in [3.05, 3.63) is 0 Å². The number of rotatable bonds is 6. The molecule has 1 aliphatic heterocycles. The summed E-state index contributed by atoms with van der Waals surface area (Å²) in [6.07, 6.45) is 2.82. The van der Waals surface area contributed by atoms with Gasteiger partial charge in [0.15, 0.2) is 0 Å². The molecule has 1 atom stereocenters. The number of hydrogen-bond acceptors (Lipinski definition) is 5. The Balaban J connectivity index is 2.07. The van der Waals surface area contributed by atoms with E-state index in [4.69, 9.17) is 5.84 Å². The topological polar surface area (TPSA) is 96.7 Å². The van der Waals surface area contributed by atoms with Gasteiger partial charge in [0, 0.05) is 25.6 Å². The molecule has 1 unspecified atom stereocenters. The molecule has 0 aromatic carbocycles. The number of ether oxygens (including phenoxy) is 1. The number of methoxy groups -OCH3 is 1. The molecule has 104 valence electrons. The van der Waals surface area contributed by atoms with Crippen molar-refractivity contribution < 1.29 is 14.3 Å². The minimum absolute atomic E-state index is 0.123. The van der Waals surface area contributed by atoms with E-state index >= 15 is 0 Å². The Kier molecular flexibility index (Phi) is 6.45. The second-order valence-electron chi connectivity index (χ2n) is 4.45. The number of nitrogens with zero attached hydrogens (tertiary/aromatic N) is 1.